The quantitative estimate of drug-likeness (QED) is 0.766. The van der Waals surface area contributed by atoms with Crippen LogP contribution in [0.2, 0.25) is 0 Å². The van der Waals surface area contributed by atoms with Gasteiger partial charge in [-0.05, 0) is 69.7 Å². The molecule has 3 unspecified atom stereocenters. The van der Waals surface area contributed by atoms with Gasteiger partial charge in [-0.3, -0.25) is 0 Å². The minimum Gasteiger partial charge on any atom is -0.314 e. The molecule has 2 saturated carbocycles. The maximum atomic E-state index is 4.00. The van der Waals surface area contributed by atoms with Crippen molar-refractivity contribution < 1.29 is 0 Å². The van der Waals surface area contributed by atoms with Gasteiger partial charge >= 0.3 is 0 Å². The molecule has 0 radical (unpaired) electrons. The fraction of sp³-hybridized carbons (Fsp3) is 1.00. The largest absolute Gasteiger partial charge is 0.314 e. The molecule has 3 atom stereocenters. The summed E-state index contributed by atoms with van der Waals surface area (Å²) in [5.74, 6) is 1.87. The van der Waals surface area contributed by atoms with Crippen LogP contribution in [0.1, 0.15) is 72.1 Å². The first-order valence-corrected chi connectivity index (χ1v) is 8.72. The first-order valence-electron chi connectivity index (χ1n) is 8.72. The molecule has 0 spiro atoms. The Morgan fingerprint density at radius 3 is 2.26 bits per heavy atom. The number of hydrogen-bond donors (Lipinski definition) is 2. The lowest BCUT2D eigenvalue weighted by Gasteiger charge is -2.33. The van der Waals surface area contributed by atoms with E-state index in [-0.39, 0.29) is 0 Å². The Labute approximate surface area is 120 Å². The van der Waals surface area contributed by atoms with Crippen LogP contribution in [0.4, 0.5) is 0 Å². The second kappa shape index (κ2) is 7.64. The maximum absolute atomic E-state index is 4.00. The molecule has 2 rings (SSSR count). The molecule has 19 heavy (non-hydrogen) atoms. The highest BCUT2D eigenvalue weighted by atomic mass is 15.0. The van der Waals surface area contributed by atoms with Crippen molar-refractivity contribution in [1.29, 1.82) is 0 Å². The van der Waals surface area contributed by atoms with Crippen LogP contribution >= 0.6 is 0 Å². The fourth-order valence-electron chi connectivity index (χ4n) is 4.17. The van der Waals surface area contributed by atoms with E-state index in [9.17, 15) is 0 Å². The van der Waals surface area contributed by atoms with Gasteiger partial charge in [0.1, 0.15) is 0 Å². The van der Waals surface area contributed by atoms with E-state index < -0.39 is 0 Å². The lowest BCUT2D eigenvalue weighted by molar-refractivity contribution is 0.246. The smallest absolute Gasteiger partial charge is 0.00958 e. The Kier molecular flexibility index (Phi) is 6.15. The second-order valence-corrected chi connectivity index (χ2v) is 6.97. The van der Waals surface area contributed by atoms with Gasteiger partial charge in [-0.25, -0.2) is 0 Å². The Morgan fingerprint density at radius 2 is 1.63 bits per heavy atom. The molecular formula is C17H34N2. The summed E-state index contributed by atoms with van der Waals surface area (Å²) in [6, 6.07) is 2.36. The predicted molar refractivity (Wildman–Crippen MR) is 83.4 cm³/mol. The molecule has 0 aliphatic heterocycles. The standard InChI is InChI=1S/C17H34N2/c1-4-17(14-8-11-16(12-14)18-5-2)19-15-9-6-13(3)7-10-15/h13-19H,4-12H2,1-3H3. The summed E-state index contributed by atoms with van der Waals surface area (Å²) in [6.07, 6.45) is 11.2. The highest BCUT2D eigenvalue weighted by Gasteiger charge is 2.31. The Balaban J connectivity index is 1.77. The van der Waals surface area contributed by atoms with Crippen LogP contribution in [0.3, 0.4) is 0 Å². The third-order valence-electron chi connectivity index (χ3n) is 5.44. The monoisotopic (exact) mass is 266 g/mol. The van der Waals surface area contributed by atoms with Crippen LogP contribution in [-0.2, 0) is 0 Å². The van der Waals surface area contributed by atoms with Gasteiger partial charge in [0.25, 0.3) is 0 Å². The molecule has 2 fully saturated rings. The van der Waals surface area contributed by atoms with E-state index in [2.05, 4.69) is 31.4 Å². The van der Waals surface area contributed by atoms with Crippen LogP contribution in [-0.4, -0.2) is 24.7 Å². The van der Waals surface area contributed by atoms with Gasteiger partial charge in [0.15, 0.2) is 0 Å². The van der Waals surface area contributed by atoms with E-state index in [1.54, 1.807) is 0 Å². The second-order valence-electron chi connectivity index (χ2n) is 6.97. The number of nitrogens with one attached hydrogen (secondary N) is 2. The molecule has 0 bridgehead atoms. The van der Waals surface area contributed by atoms with Crippen molar-refractivity contribution in [3.63, 3.8) is 0 Å². The first-order chi connectivity index (χ1) is 9.22. The zero-order valence-corrected chi connectivity index (χ0v) is 13.3. The van der Waals surface area contributed by atoms with Crippen molar-refractivity contribution in [2.24, 2.45) is 11.8 Å². The number of rotatable bonds is 6. The summed E-state index contributed by atoms with van der Waals surface area (Å²) >= 11 is 0. The van der Waals surface area contributed by atoms with Crippen LogP contribution in [0.15, 0.2) is 0 Å². The summed E-state index contributed by atoms with van der Waals surface area (Å²) in [6.45, 7) is 8.13. The molecule has 0 aromatic carbocycles. The lowest BCUT2D eigenvalue weighted by Crippen LogP contribution is -2.43. The Morgan fingerprint density at radius 1 is 0.947 bits per heavy atom. The van der Waals surface area contributed by atoms with E-state index in [4.69, 9.17) is 0 Å². The predicted octanol–water partition coefficient (Wildman–Crippen LogP) is 3.71. The van der Waals surface area contributed by atoms with Gasteiger partial charge in [0.05, 0.1) is 0 Å². The van der Waals surface area contributed by atoms with Crippen molar-refractivity contribution in [3.8, 4) is 0 Å². The topological polar surface area (TPSA) is 24.1 Å². The summed E-state index contributed by atoms with van der Waals surface area (Å²) in [5, 5.41) is 7.64. The van der Waals surface area contributed by atoms with E-state index in [0.29, 0.717) is 0 Å². The van der Waals surface area contributed by atoms with Crippen LogP contribution in [0, 0.1) is 11.8 Å². The van der Waals surface area contributed by atoms with E-state index in [1.807, 2.05) is 0 Å². The van der Waals surface area contributed by atoms with Gasteiger partial charge in [-0.15, -0.1) is 0 Å². The van der Waals surface area contributed by atoms with Crippen LogP contribution in [0.25, 0.3) is 0 Å². The average Bonchev–Trinajstić information content (AvgIpc) is 2.87. The van der Waals surface area contributed by atoms with Gasteiger partial charge in [0.2, 0.25) is 0 Å². The molecule has 0 saturated heterocycles. The molecule has 112 valence electrons. The van der Waals surface area contributed by atoms with E-state index in [1.165, 1.54) is 51.4 Å². The first kappa shape index (κ1) is 15.3. The molecule has 0 amide bonds. The van der Waals surface area contributed by atoms with Crippen molar-refractivity contribution in [2.45, 2.75) is 90.3 Å². The van der Waals surface area contributed by atoms with E-state index in [0.717, 1.165) is 36.5 Å². The molecule has 2 heteroatoms. The van der Waals surface area contributed by atoms with Crippen LogP contribution in [0.5, 0.6) is 0 Å². The molecule has 0 heterocycles. The van der Waals surface area contributed by atoms with Gasteiger partial charge < -0.3 is 10.6 Å². The third kappa shape index (κ3) is 4.46. The zero-order valence-electron chi connectivity index (χ0n) is 13.3. The SMILES string of the molecule is CCNC1CCC(C(CC)NC2CCC(C)CC2)C1. The molecular weight excluding hydrogens is 232 g/mol. The van der Waals surface area contributed by atoms with Crippen LogP contribution < -0.4 is 10.6 Å². The minimum absolute atomic E-state index is 0.766. The normalized spacial score (nSPS) is 37.4. The maximum Gasteiger partial charge on any atom is 0.00958 e. The van der Waals surface area contributed by atoms with Gasteiger partial charge in [0, 0.05) is 18.1 Å². The number of hydrogen-bond acceptors (Lipinski definition) is 2. The zero-order chi connectivity index (χ0) is 13.7. The molecule has 0 aromatic rings. The Hall–Kier alpha value is -0.0800. The summed E-state index contributed by atoms with van der Waals surface area (Å²) in [5.41, 5.74) is 0. The molecule has 2 N–H and O–H groups in total. The molecule has 0 aromatic heterocycles. The van der Waals surface area contributed by atoms with Crippen molar-refractivity contribution in [2.75, 3.05) is 6.54 Å². The van der Waals surface area contributed by atoms with Crippen molar-refractivity contribution in [1.82, 2.24) is 10.6 Å². The molecule has 2 nitrogen and oxygen atoms in total. The highest BCUT2D eigenvalue weighted by Crippen LogP contribution is 2.31. The van der Waals surface area contributed by atoms with Crippen molar-refractivity contribution in [3.05, 3.63) is 0 Å². The van der Waals surface area contributed by atoms with E-state index >= 15 is 0 Å². The van der Waals surface area contributed by atoms with Crippen molar-refractivity contribution >= 4 is 0 Å². The van der Waals surface area contributed by atoms with Gasteiger partial charge in [-0.1, -0.05) is 20.8 Å². The van der Waals surface area contributed by atoms with Gasteiger partial charge in [-0.2, -0.15) is 0 Å². The Bertz CT molecular complexity index is 246. The average molecular weight is 266 g/mol. The highest BCUT2D eigenvalue weighted by molar-refractivity contribution is 4.89. The lowest BCUT2D eigenvalue weighted by atomic mass is 9.85. The molecule has 2 aliphatic rings. The fourth-order valence-corrected chi connectivity index (χ4v) is 4.17. The summed E-state index contributed by atoms with van der Waals surface area (Å²) in [4.78, 5) is 0. The summed E-state index contributed by atoms with van der Waals surface area (Å²) in [7, 11) is 0. The third-order valence-corrected chi connectivity index (χ3v) is 5.44. The minimum atomic E-state index is 0.766. The summed E-state index contributed by atoms with van der Waals surface area (Å²) < 4.78 is 0. The molecule has 2 aliphatic carbocycles.